The van der Waals surface area contributed by atoms with E-state index in [9.17, 15) is 9.59 Å². The third-order valence-corrected chi connectivity index (χ3v) is 4.00. The van der Waals surface area contributed by atoms with Crippen molar-refractivity contribution in [2.75, 3.05) is 13.1 Å². The van der Waals surface area contributed by atoms with Crippen molar-refractivity contribution in [3.63, 3.8) is 0 Å². The number of piperidine rings is 2. The van der Waals surface area contributed by atoms with Gasteiger partial charge in [0.1, 0.15) is 0 Å². The Labute approximate surface area is 108 Å². The second-order valence-corrected chi connectivity index (χ2v) is 6.03. The van der Waals surface area contributed by atoms with Gasteiger partial charge in [0.25, 0.3) is 0 Å². The Morgan fingerprint density at radius 3 is 2.83 bits per heavy atom. The first-order chi connectivity index (χ1) is 8.49. The van der Waals surface area contributed by atoms with Gasteiger partial charge in [-0.15, -0.1) is 0 Å². The first-order valence-electron chi connectivity index (χ1n) is 6.79. The number of carbonyl (C=O) groups excluding carboxylic acids is 2. The zero-order chi connectivity index (χ0) is 13.2. The van der Waals surface area contributed by atoms with Crippen molar-refractivity contribution in [1.29, 1.82) is 0 Å². The Kier molecular flexibility index (Phi) is 3.90. The number of hydrogen-bond acceptors (Lipinski definition) is 3. The van der Waals surface area contributed by atoms with E-state index < -0.39 is 0 Å². The van der Waals surface area contributed by atoms with Crippen LogP contribution in [0.4, 0.5) is 0 Å². The van der Waals surface area contributed by atoms with Gasteiger partial charge in [0, 0.05) is 19.0 Å². The van der Waals surface area contributed by atoms with Crippen molar-refractivity contribution in [2.24, 2.45) is 5.41 Å². The van der Waals surface area contributed by atoms with Crippen LogP contribution in [-0.4, -0.2) is 37.0 Å². The van der Waals surface area contributed by atoms with Crippen molar-refractivity contribution in [3.05, 3.63) is 0 Å². The normalized spacial score (nSPS) is 31.6. The Hall–Kier alpha value is -1.10. The van der Waals surface area contributed by atoms with Gasteiger partial charge in [-0.05, 0) is 31.2 Å². The molecule has 2 heterocycles. The lowest BCUT2D eigenvalue weighted by Crippen LogP contribution is -2.59. The first-order valence-corrected chi connectivity index (χ1v) is 6.79. The van der Waals surface area contributed by atoms with Gasteiger partial charge in [-0.3, -0.25) is 9.59 Å². The van der Waals surface area contributed by atoms with E-state index >= 15 is 0 Å². The van der Waals surface area contributed by atoms with Gasteiger partial charge in [0.2, 0.25) is 11.8 Å². The van der Waals surface area contributed by atoms with E-state index in [2.05, 4.69) is 29.8 Å². The molecule has 0 spiro atoms. The molecule has 5 nitrogen and oxygen atoms in total. The molecule has 2 saturated heterocycles. The van der Waals surface area contributed by atoms with E-state index in [-0.39, 0.29) is 29.3 Å². The zero-order valence-electron chi connectivity index (χ0n) is 11.2. The van der Waals surface area contributed by atoms with Crippen LogP contribution in [0, 0.1) is 5.41 Å². The molecule has 2 rings (SSSR count). The molecule has 2 amide bonds. The summed E-state index contributed by atoms with van der Waals surface area (Å²) in [6, 6.07) is -0.0430. The third-order valence-electron chi connectivity index (χ3n) is 4.00. The highest BCUT2D eigenvalue weighted by molar-refractivity contribution is 5.83. The molecule has 2 aliphatic heterocycles. The van der Waals surface area contributed by atoms with Crippen molar-refractivity contribution in [3.8, 4) is 0 Å². The maximum absolute atomic E-state index is 12.3. The van der Waals surface area contributed by atoms with Crippen LogP contribution in [0.1, 0.15) is 39.5 Å². The molecular formula is C13H23N3O2. The molecule has 2 atom stereocenters. The molecule has 0 radical (unpaired) electrons. The third kappa shape index (κ3) is 3.02. The van der Waals surface area contributed by atoms with E-state index in [0.717, 1.165) is 25.8 Å². The minimum absolute atomic E-state index is 0.000246. The maximum Gasteiger partial charge on any atom is 0.237 e. The van der Waals surface area contributed by atoms with E-state index in [1.54, 1.807) is 0 Å². The Morgan fingerprint density at radius 1 is 1.44 bits per heavy atom. The van der Waals surface area contributed by atoms with Gasteiger partial charge < -0.3 is 16.0 Å². The molecule has 102 valence electrons. The number of rotatable bonds is 2. The summed E-state index contributed by atoms with van der Waals surface area (Å²) in [5.41, 5.74) is 0.000246. The van der Waals surface area contributed by atoms with Crippen LogP contribution in [0.15, 0.2) is 0 Å². The number of hydrogen-bond donors (Lipinski definition) is 3. The molecule has 2 aliphatic rings. The predicted octanol–water partition coefficient (Wildman–Crippen LogP) is 0.159. The molecular weight excluding hydrogens is 230 g/mol. The molecule has 2 unspecified atom stereocenters. The number of carbonyl (C=O) groups is 2. The van der Waals surface area contributed by atoms with Gasteiger partial charge in [0.15, 0.2) is 0 Å². The fourth-order valence-corrected chi connectivity index (χ4v) is 2.80. The minimum Gasteiger partial charge on any atom is -0.354 e. The lowest BCUT2D eigenvalue weighted by Gasteiger charge is -2.39. The van der Waals surface area contributed by atoms with E-state index in [0.29, 0.717) is 13.0 Å². The molecule has 0 aliphatic carbocycles. The van der Waals surface area contributed by atoms with Crippen molar-refractivity contribution in [2.45, 2.75) is 51.6 Å². The summed E-state index contributed by atoms with van der Waals surface area (Å²) in [7, 11) is 0. The Bertz CT molecular complexity index is 331. The number of nitrogens with one attached hydrogen (secondary N) is 3. The standard InChI is InChI=1S/C13H23N3O2/c1-13(2)6-3-7-14-11(13)12(18)16-9-4-5-10(17)15-8-9/h9,11,14H,3-8H2,1-2H3,(H,15,17)(H,16,18). The summed E-state index contributed by atoms with van der Waals surface area (Å²) in [6.07, 6.45) is 3.44. The van der Waals surface area contributed by atoms with Crippen LogP contribution < -0.4 is 16.0 Å². The molecule has 0 saturated carbocycles. The monoisotopic (exact) mass is 253 g/mol. The average molecular weight is 253 g/mol. The lowest BCUT2D eigenvalue weighted by atomic mass is 9.77. The SMILES string of the molecule is CC1(C)CCCNC1C(=O)NC1CCC(=O)NC1. The number of amides is 2. The van der Waals surface area contributed by atoms with E-state index in [4.69, 9.17) is 0 Å². The summed E-state index contributed by atoms with van der Waals surface area (Å²) >= 11 is 0. The molecule has 3 N–H and O–H groups in total. The van der Waals surface area contributed by atoms with Gasteiger partial charge >= 0.3 is 0 Å². The van der Waals surface area contributed by atoms with Crippen LogP contribution in [-0.2, 0) is 9.59 Å². The maximum atomic E-state index is 12.3. The molecule has 0 aromatic carbocycles. The second kappa shape index (κ2) is 5.26. The summed E-state index contributed by atoms with van der Waals surface area (Å²) in [5, 5.41) is 9.14. The molecule has 5 heteroatoms. The fraction of sp³-hybridized carbons (Fsp3) is 0.846. The van der Waals surface area contributed by atoms with Crippen LogP contribution in [0.5, 0.6) is 0 Å². The van der Waals surface area contributed by atoms with Gasteiger partial charge in [-0.2, -0.15) is 0 Å². The van der Waals surface area contributed by atoms with Gasteiger partial charge in [-0.25, -0.2) is 0 Å². The van der Waals surface area contributed by atoms with Gasteiger partial charge in [0.05, 0.1) is 6.04 Å². The van der Waals surface area contributed by atoms with Crippen molar-refractivity contribution >= 4 is 11.8 Å². The van der Waals surface area contributed by atoms with E-state index in [1.807, 2.05) is 0 Å². The minimum atomic E-state index is -0.121. The predicted molar refractivity (Wildman–Crippen MR) is 69.0 cm³/mol. The fourth-order valence-electron chi connectivity index (χ4n) is 2.80. The highest BCUT2D eigenvalue weighted by Crippen LogP contribution is 2.30. The smallest absolute Gasteiger partial charge is 0.237 e. The van der Waals surface area contributed by atoms with Crippen LogP contribution in [0.2, 0.25) is 0 Å². The highest BCUT2D eigenvalue weighted by Gasteiger charge is 2.37. The highest BCUT2D eigenvalue weighted by atomic mass is 16.2. The van der Waals surface area contributed by atoms with Crippen LogP contribution in [0.3, 0.4) is 0 Å². The summed E-state index contributed by atoms with van der Waals surface area (Å²) in [4.78, 5) is 23.3. The van der Waals surface area contributed by atoms with Crippen molar-refractivity contribution < 1.29 is 9.59 Å². The zero-order valence-corrected chi connectivity index (χ0v) is 11.2. The largest absolute Gasteiger partial charge is 0.354 e. The van der Waals surface area contributed by atoms with Crippen LogP contribution >= 0.6 is 0 Å². The molecule has 2 fully saturated rings. The Balaban J connectivity index is 1.89. The van der Waals surface area contributed by atoms with E-state index in [1.165, 1.54) is 0 Å². The topological polar surface area (TPSA) is 70.2 Å². The molecule has 18 heavy (non-hydrogen) atoms. The van der Waals surface area contributed by atoms with Crippen molar-refractivity contribution in [1.82, 2.24) is 16.0 Å². The second-order valence-electron chi connectivity index (χ2n) is 6.03. The Morgan fingerprint density at radius 2 is 2.22 bits per heavy atom. The average Bonchev–Trinajstić information content (AvgIpc) is 2.31. The quantitative estimate of drug-likeness (QED) is 0.656. The molecule has 0 bridgehead atoms. The molecule has 0 aromatic heterocycles. The summed E-state index contributed by atoms with van der Waals surface area (Å²) < 4.78 is 0. The van der Waals surface area contributed by atoms with Gasteiger partial charge in [-0.1, -0.05) is 13.8 Å². The summed E-state index contributed by atoms with van der Waals surface area (Å²) in [6.45, 7) is 5.72. The lowest BCUT2D eigenvalue weighted by molar-refractivity contribution is -0.129. The van der Waals surface area contributed by atoms with Crippen LogP contribution in [0.25, 0.3) is 0 Å². The summed E-state index contributed by atoms with van der Waals surface area (Å²) in [5.74, 6) is 0.150. The molecule has 0 aromatic rings. The first kappa shape index (κ1) is 13.3.